The van der Waals surface area contributed by atoms with E-state index in [-0.39, 0.29) is 5.82 Å². The number of quaternary nitrogens is 1. The SMILES string of the molecule is O[C@H](COCc1ccc(Cl)cc1)C[NH+]1CCN(c2ccc(F)cc2)CC1. The van der Waals surface area contributed by atoms with Crippen LogP contribution in [-0.2, 0) is 11.3 Å². The Hall–Kier alpha value is -1.66. The number of aliphatic hydroxyl groups excluding tert-OH is 1. The Labute approximate surface area is 158 Å². The highest BCUT2D eigenvalue weighted by Crippen LogP contribution is 2.14. The summed E-state index contributed by atoms with van der Waals surface area (Å²) in [5.74, 6) is -0.209. The first-order chi connectivity index (χ1) is 12.6. The molecule has 2 aromatic rings. The van der Waals surface area contributed by atoms with Gasteiger partial charge in [-0.15, -0.1) is 0 Å². The molecule has 2 N–H and O–H groups in total. The molecule has 0 aromatic heterocycles. The Morgan fingerprint density at radius 2 is 1.73 bits per heavy atom. The fourth-order valence-corrected chi connectivity index (χ4v) is 3.35. The molecule has 1 atom stereocenters. The van der Waals surface area contributed by atoms with Crippen LogP contribution < -0.4 is 9.80 Å². The topological polar surface area (TPSA) is 37.1 Å². The Morgan fingerprint density at radius 1 is 1.08 bits per heavy atom. The Kier molecular flexibility index (Phi) is 6.86. The molecule has 1 fully saturated rings. The molecular weight excluding hydrogens is 355 g/mol. The Bertz CT molecular complexity index is 673. The van der Waals surface area contributed by atoms with Crippen molar-refractivity contribution in [2.45, 2.75) is 12.7 Å². The zero-order chi connectivity index (χ0) is 18.4. The highest BCUT2D eigenvalue weighted by atomic mass is 35.5. The fourth-order valence-electron chi connectivity index (χ4n) is 3.22. The number of nitrogens with zero attached hydrogens (tertiary/aromatic N) is 1. The predicted molar refractivity (Wildman–Crippen MR) is 101 cm³/mol. The van der Waals surface area contributed by atoms with E-state index in [2.05, 4.69) is 4.90 Å². The van der Waals surface area contributed by atoms with Crippen LogP contribution in [0.3, 0.4) is 0 Å². The third-order valence-corrected chi connectivity index (χ3v) is 4.93. The van der Waals surface area contributed by atoms with Crippen LogP contribution in [-0.4, -0.2) is 50.5 Å². The number of rotatable bonds is 7. The highest BCUT2D eigenvalue weighted by Gasteiger charge is 2.22. The van der Waals surface area contributed by atoms with Crippen LogP contribution in [0.2, 0.25) is 5.02 Å². The van der Waals surface area contributed by atoms with Crippen LogP contribution in [0.25, 0.3) is 0 Å². The number of nitrogens with one attached hydrogen (secondary N) is 1. The van der Waals surface area contributed by atoms with E-state index in [1.165, 1.54) is 17.0 Å². The fraction of sp³-hybridized carbons (Fsp3) is 0.400. The van der Waals surface area contributed by atoms with Crippen LogP contribution in [0.5, 0.6) is 0 Å². The maximum Gasteiger partial charge on any atom is 0.126 e. The van der Waals surface area contributed by atoms with Crippen molar-refractivity contribution >= 4 is 17.3 Å². The van der Waals surface area contributed by atoms with E-state index in [4.69, 9.17) is 16.3 Å². The van der Waals surface area contributed by atoms with E-state index in [1.807, 2.05) is 36.4 Å². The number of anilines is 1. The van der Waals surface area contributed by atoms with E-state index in [0.29, 0.717) is 24.8 Å². The van der Waals surface area contributed by atoms with Gasteiger partial charge in [0, 0.05) is 10.7 Å². The van der Waals surface area contributed by atoms with Gasteiger partial charge in [-0.2, -0.15) is 0 Å². The van der Waals surface area contributed by atoms with Gasteiger partial charge in [0.1, 0.15) is 18.5 Å². The molecule has 2 aromatic carbocycles. The van der Waals surface area contributed by atoms with Gasteiger partial charge in [-0.3, -0.25) is 0 Å². The average Bonchev–Trinajstić information content (AvgIpc) is 2.65. The summed E-state index contributed by atoms with van der Waals surface area (Å²) in [6, 6.07) is 14.2. The lowest BCUT2D eigenvalue weighted by Gasteiger charge is -2.34. The molecule has 0 spiro atoms. The van der Waals surface area contributed by atoms with Crippen molar-refractivity contribution in [1.29, 1.82) is 0 Å². The minimum absolute atomic E-state index is 0.209. The first-order valence-electron chi connectivity index (χ1n) is 8.94. The van der Waals surface area contributed by atoms with Crippen molar-refractivity contribution in [3.63, 3.8) is 0 Å². The zero-order valence-corrected chi connectivity index (χ0v) is 15.5. The van der Waals surface area contributed by atoms with Crippen molar-refractivity contribution in [3.05, 3.63) is 64.9 Å². The second-order valence-corrected chi connectivity index (χ2v) is 7.15. The van der Waals surface area contributed by atoms with Gasteiger partial charge in [-0.05, 0) is 42.0 Å². The largest absolute Gasteiger partial charge is 0.385 e. The van der Waals surface area contributed by atoms with Crippen molar-refractivity contribution < 1.29 is 19.1 Å². The van der Waals surface area contributed by atoms with E-state index in [9.17, 15) is 9.50 Å². The molecule has 0 saturated carbocycles. The van der Waals surface area contributed by atoms with Gasteiger partial charge < -0.3 is 19.6 Å². The molecule has 4 nitrogen and oxygen atoms in total. The molecule has 1 saturated heterocycles. The number of hydrogen-bond acceptors (Lipinski definition) is 3. The lowest BCUT2D eigenvalue weighted by atomic mass is 10.2. The summed E-state index contributed by atoms with van der Waals surface area (Å²) in [5, 5.41) is 10.9. The Morgan fingerprint density at radius 3 is 2.38 bits per heavy atom. The summed E-state index contributed by atoms with van der Waals surface area (Å²) in [6.45, 7) is 5.18. The maximum atomic E-state index is 13.0. The second-order valence-electron chi connectivity index (χ2n) is 6.71. The number of aliphatic hydroxyl groups is 1. The minimum atomic E-state index is -0.477. The lowest BCUT2D eigenvalue weighted by molar-refractivity contribution is -0.903. The molecule has 1 aliphatic rings. The van der Waals surface area contributed by atoms with Gasteiger partial charge in [-0.25, -0.2) is 4.39 Å². The van der Waals surface area contributed by atoms with Crippen molar-refractivity contribution in [1.82, 2.24) is 0 Å². The van der Waals surface area contributed by atoms with E-state index < -0.39 is 6.10 Å². The second kappa shape index (κ2) is 9.33. The van der Waals surface area contributed by atoms with Crippen LogP contribution in [0, 0.1) is 5.82 Å². The lowest BCUT2D eigenvalue weighted by Crippen LogP contribution is -3.16. The normalized spacial score (nSPS) is 16.7. The number of piperazine rings is 1. The van der Waals surface area contributed by atoms with E-state index in [1.54, 1.807) is 0 Å². The third-order valence-electron chi connectivity index (χ3n) is 4.68. The highest BCUT2D eigenvalue weighted by molar-refractivity contribution is 6.30. The first kappa shape index (κ1) is 19.1. The monoisotopic (exact) mass is 379 g/mol. The molecule has 0 aliphatic carbocycles. The number of benzene rings is 2. The molecule has 6 heteroatoms. The molecule has 0 amide bonds. The number of ether oxygens (including phenoxy) is 1. The zero-order valence-electron chi connectivity index (χ0n) is 14.7. The summed E-state index contributed by atoms with van der Waals surface area (Å²) in [6.07, 6.45) is -0.477. The molecule has 26 heavy (non-hydrogen) atoms. The predicted octanol–water partition coefficient (Wildman–Crippen LogP) is 1.76. The van der Waals surface area contributed by atoms with Crippen molar-refractivity contribution in [2.75, 3.05) is 44.2 Å². The van der Waals surface area contributed by atoms with Crippen LogP contribution in [0.15, 0.2) is 48.5 Å². The maximum absolute atomic E-state index is 13.0. The van der Waals surface area contributed by atoms with E-state index >= 15 is 0 Å². The molecule has 1 aliphatic heterocycles. The molecular formula is C20H25ClFN2O2+. The number of halogens is 2. The summed E-state index contributed by atoms with van der Waals surface area (Å²) in [4.78, 5) is 3.62. The molecule has 0 bridgehead atoms. The van der Waals surface area contributed by atoms with Crippen LogP contribution >= 0.6 is 11.6 Å². The molecule has 0 radical (unpaired) electrons. The van der Waals surface area contributed by atoms with Crippen molar-refractivity contribution in [3.8, 4) is 0 Å². The molecule has 0 unspecified atom stereocenters. The van der Waals surface area contributed by atoms with Gasteiger partial charge >= 0.3 is 0 Å². The van der Waals surface area contributed by atoms with Gasteiger partial charge in [-0.1, -0.05) is 23.7 Å². The summed E-state index contributed by atoms with van der Waals surface area (Å²) in [7, 11) is 0. The van der Waals surface area contributed by atoms with Gasteiger partial charge in [0.2, 0.25) is 0 Å². The smallest absolute Gasteiger partial charge is 0.126 e. The Balaban J connectivity index is 1.35. The third kappa shape index (κ3) is 5.68. The van der Waals surface area contributed by atoms with E-state index in [0.717, 1.165) is 37.4 Å². The summed E-state index contributed by atoms with van der Waals surface area (Å²) >= 11 is 5.86. The van der Waals surface area contributed by atoms with Gasteiger partial charge in [0.25, 0.3) is 0 Å². The van der Waals surface area contributed by atoms with Crippen molar-refractivity contribution in [2.24, 2.45) is 0 Å². The quantitative estimate of drug-likeness (QED) is 0.769. The molecule has 3 rings (SSSR count). The first-order valence-corrected chi connectivity index (χ1v) is 9.32. The molecule has 1 heterocycles. The molecule has 140 valence electrons. The van der Waals surface area contributed by atoms with Crippen LogP contribution in [0.4, 0.5) is 10.1 Å². The summed E-state index contributed by atoms with van der Waals surface area (Å²) in [5.41, 5.74) is 2.10. The number of hydrogen-bond donors (Lipinski definition) is 2. The minimum Gasteiger partial charge on any atom is -0.385 e. The van der Waals surface area contributed by atoms with Crippen LogP contribution in [0.1, 0.15) is 5.56 Å². The summed E-state index contributed by atoms with van der Waals surface area (Å²) < 4.78 is 18.6. The average molecular weight is 380 g/mol. The standard InChI is InChI=1S/C20H24ClFN2O2/c21-17-3-1-16(2-4-17)14-26-15-20(25)13-23-9-11-24(12-10-23)19-7-5-18(22)6-8-19/h1-8,20,25H,9-15H2/p+1/t20-/m0/s1. The van der Waals surface area contributed by atoms with Gasteiger partial charge in [0.15, 0.2) is 0 Å². The van der Waals surface area contributed by atoms with Gasteiger partial charge in [0.05, 0.1) is 39.4 Å².